The molecule has 5 nitrogen and oxygen atoms in total. The van der Waals surface area contributed by atoms with Crippen molar-refractivity contribution in [3.8, 4) is 11.5 Å². The predicted molar refractivity (Wildman–Crippen MR) is 79.4 cm³/mol. The van der Waals surface area contributed by atoms with E-state index in [2.05, 4.69) is 15.0 Å². The van der Waals surface area contributed by atoms with Gasteiger partial charge in [0.25, 0.3) is 0 Å². The van der Waals surface area contributed by atoms with Crippen LogP contribution in [-0.4, -0.2) is 24.6 Å². The molecule has 1 N–H and O–H groups in total. The van der Waals surface area contributed by atoms with Crippen molar-refractivity contribution >= 4 is 28.5 Å². The molecule has 0 unspecified atom stereocenters. The first-order valence-corrected chi connectivity index (χ1v) is 6.98. The number of methoxy groups -OCH3 is 1. The molecule has 2 aromatic rings. The van der Waals surface area contributed by atoms with Crippen LogP contribution in [0.3, 0.4) is 0 Å². The van der Waals surface area contributed by atoms with Gasteiger partial charge >= 0.3 is 6.61 Å². The topological polar surface area (TPSA) is 60.5 Å². The van der Waals surface area contributed by atoms with E-state index in [4.69, 9.17) is 4.74 Å². The Labute approximate surface area is 129 Å². The van der Waals surface area contributed by atoms with Crippen LogP contribution >= 0.6 is 11.3 Å². The second-order valence-corrected chi connectivity index (χ2v) is 4.81. The summed E-state index contributed by atoms with van der Waals surface area (Å²) < 4.78 is 34.4. The third kappa shape index (κ3) is 4.26. The molecule has 116 valence electrons. The van der Waals surface area contributed by atoms with Gasteiger partial charge in [0.15, 0.2) is 16.6 Å². The minimum absolute atomic E-state index is 0.127. The zero-order valence-electron chi connectivity index (χ0n) is 11.5. The highest BCUT2D eigenvalue weighted by Gasteiger charge is 2.14. The smallest absolute Gasteiger partial charge is 0.387 e. The standard InChI is InChI=1S/C14H12F2N2O3S/c1-20-10-4-2-3-9(12(10)21-13(15)16)5-6-11(19)18-14-17-7-8-22-14/h2-8,13H,1H3,(H,17,18,19)/b6-5+. The third-order valence-corrected chi connectivity index (χ3v) is 3.20. The SMILES string of the molecule is COc1cccc(/C=C/C(=O)Nc2nccs2)c1OC(F)F. The third-order valence-electron chi connectivity index (χ3n) is 2.51. The number of carbonyl (C=O) groups is 1. The van der Waals surface area contributed by atoms with E-state index in [-0.39, 0.29) is 11.5 Å². The van der Waals surface area contributed by atoms with Crippen molar-refractivity contribution in [3.05, 3.63) is 41.4 Å². The van der Waals surface area contributed by atoms with Crippen LogP contribution < -0.4 is 14.8 Å². The normalized spacial score (nSPS) is 10.9. The van der Waals surface area contributed by atoms with E-state index in [9.17, 15) is 13.6 Å². The number of nitrogens with one attached hydrogen (secondary N) is 1. The Hall–Kier alpha value is -2.48. The van der Waals surface area contributed by atoms with Crippen LogP contribution in [0.1, 0.15) is 5.56 Å². The van der Waals surface area contributed by atoms with Gasteiger partial charge < -0.3 is 9.47 Å². The van der Waals surface area contributed by atoms with Crippen LogP contribution in [0.25, 0.3) is 6.08 Å². The Balaban J connectivity index is 2.17. The molecule has 1 aromatic carbocycles. The van der Waals surface area contributed by atoms with Crippen LogP contribution in [0.15, 0.2) is 35.9 Å². The molecule has 1 aromatic heterocycles. The van der Waals surface area contributed by atoms with E-state index >= 15 is 0 Å². The molecule has 0 aliphatic rings. The Bertz CT molecular complexity index is 660. The van der Waals surface area contributed by atoms with Crippen molar-refractivity contribution in [2.75, 3.05) is 12.4 Å². The minimum Gasteiger partial charge on any atom is -0.493 e. The number of amides is 1. The first-order chi connectivity index (χ1) is 10.6. The molecule has 22 heavy (non-hydrogen) atoms. The number of anilines is 1. The molecule has 1 heterocycles. The molecule has 0 spiro atoms. The molecular weight excluding hydrogens is 314 g/mol. The number of nitrogens with zero attached hydrogens (tertiary/aromatic N) is 1. The van der Waals surface area contributed by atoms with E-state index in [1.807, 2.05) is 0 Å². The molecule has 0 aliphatic carbocycles. The van der Waals surface area contributed by atoms with Crippen LogP contribution in [-0.2, 0) is 4.79 Å². The van der Waals surface area contributed by atoms with E-state index in [1.165, 1.54) is 42.7 Å². The summed E-state index contributed by atoms with van der Waals surface area (Å²) in [6.45, 7) is -2.99. The largest absolute Gasteiger partial charge is 0.493 e. The molecule has 0 radical (unpaired) electrons. The molecule has 0 atom stereocenters. The Morgan fingerprint density at radius 2 is 2.27 bits per heavy atom. The molecule has 0 fully saturated rings. The first kappa shape index (κ1) is 15.9. The van der Waals surface area contributed by atoms with Crippen molar-refractivity contribution in [2.45, 2.75) is 6.61 Å². The summed E-state index contributed by atoms with van der Waals surface area (Å²) in [7, 11) is 1.34. The van der Waals surface area contributed by atoms with Crippen molar-refractivity contribution in [2.24, 2.45) is 0 Å². The summed E-state index contributed by atoms with van der Waals surface area (Å²) >= 11 is 1.27. The summed E-state index contributed by atoms with van der Waals surface area (Å²) in [5, 5.41) is 4.71. The number of aromatic nitrogens is 1. The molecule has 1 amide bonds. The summed E-state index contributed by atoms with van der Waals surface area (Å²) in [5.74, 6) is -0.401. The highest BCUT2D eigenvalue weighted by Crippen LogP contribution is 2.33. The number of hydrogen-bond donors (Lipinski definition) is 1. The lowest BCUT2D eigenvalue weighted by molar-refractivity contribution is -0.111. The van der Waals surface area contributed by atoms with E-state index < -0.39 is 12.5 Å². The molecule has 0 aliphatic heterocycles. The van der Waals surface area contributed by atoms with Crippen molar-refractivity contribution in [1.29, 1.82) is 0 Å². The molecular formula is C14H12F2N2O3S. The first-order valence-electron chi connectivity index (χ1n) is 6.10. The van der Waals surface area contributed by atoms with Gasteiger partial charge in [-0.1, -0.05) is 12.1 Å². The van der Waals surface area contributed by atoms with E-state index in [1.54, 1.807) is 17.6 Å². The fourth-order valence-electron chi connectivity index (χ4n) is 1.64. The van der Waals surface area contributed by atoms with Gasteiger partial charge in [0.1, 0.15) is 0 Å². The maximum absolute atomic E-state index is 12.5. The molecule has 0 bridgehead atoms. The summed E-state index contributed by atoms with van der Waals surface area (Å²) in [6, 6.07) is 4.63. The quantitative estimate of drug-likeness (QED) is 0.827. The van der Waals surface area contributed by atoms with Gasteiger partial charge in [0.05, 0.1) is 7.11 Å². The summed E-state index contributed by atoms with van der Waals surface area (Å²) in [6.07, 6.45) is 4.12. The molecule has 8 heteroatoms. The lowest BCUT2D eigenvalue weighted by atomic mass is 10.1. The molecule has 0 saturated carbocycles. The van der Waals surface area contributed by atoms with Crippen LogP contribution in [0.2, 0.25) is 0 Å². The number of benzene rings is 1. The van der Waals surface area contributed by atoms with Gasteiger partial charge in [0, 0.05) is 23.2 Å². The summed E-state index contributed by atoms with van der Waals surface area (Å²) in [5.41, 5.74) is 0.300. The maximum atomic E-state index is 12.5. The van der Waals surface area contributed by atoms with E-state index in [0.717, 1.165) is 0 Å². The van der Waals surface area contributed by atoms with Crippen molar-refractivity contribution in [1.82, 2.24) is 4.98 Å². The Kier molecular flexibility index (Phi) is 5.42. The van der Waals surface area contributed by atoms with Gasteiger partial charge in [-0.15, -0.1) is 11.3 Å². The second kappa shape index (κ2) is 7.51. The van der Waals surface area contributed by atoms with Crippen molar-refractivity contribution < 1.29 is 23.0 Å². The van der Waals surface area contributed by atoms with Crippen LogP contribution in [0, 0.1) is 0 Å². The number of ether oxygens (including phenoxy) is 2. The zero-order valence-corrected chi connectivity index (χ0v) is 12.3. The molecule has 0 saturated heterocycles. The van der Waals surface area contributed by atoms with E-state index in [0.29, 0.717) is 10.7 Å². The number of halogens is 2. The predicted octanol–water partition coefficient (Wildman–Crippen LogP) is 3.41. The Morgan fingerprint density at radius 3 is 2.91 bits per heavy atom. The average Bonchev–Trinajstić information content (AvgIpc) is 2.98. The maximum Gasteiger partial charge on any atom is 0.387 e. The minimum atomic E-state index is -2.99. The number of thiazole rings is 1. The van der Waals surface area contributed by atoms with Crippen LogP contribution in [0.4, 0.5) is 13.9 Å². The van der Waals surface area contributed by atoms with Gasteiger partial charge in [-0.25, -0.2) is 4.98 Å². The van der Waals surface area contributed by atoms with Crippen molar-refractivity contribution in [3.63, 3.8) is 0 Å². The number of alkyl halides is 2. The highest BCUT2D eigenvalue weighted by atomic mass is 32.1. The van der Waals surface area contributed by atoms with Gasteiger partial charge in [-0.3, -0.25) is 10.1 Å². The lowest BCUT2D eigenvalue weighted by Gasteiger charge is -2.12. The Morgan fingerprint density at radius 1 is 1.45 bits per heavy atom. The number of para-hydroxylation sites is 1. The second-order valence-electron chi connectivity index (χ2n) is 3.92. The fraction of sp³-hybridized carbons (Fsp3) is 0.143. The van der Waals surface area contributed by atoms with Crippen LogP contribution in [0.5, 0.6) is 11.5 Å². The number of hydrogen-bond acceptors (Lipinski definition) is 5. The summed E-state index contributed by atoms with van der Waals surface area (Å²) in [4.78, 5) is 15.6. The van der Waals surface area contributed by atoms with Gasteiger partial charge in [-0.2, -0.15) is 8.78 Å². The van der Waals surface area contributed by atoms with Gasteiger partial charge in [0.2, 0.25) is 5.91 Å². The fourth-order valence-corrected chi connectivity index (χ4v) is 2.17. The average molecular weight is 326 g/mol. The monoisotopic (exact) mass is 326 g/mol. The lowest BCUT2D eigenvalue weighted by Crippen LogP contribution is -2.07. The molecule has 2 rings (SSSR count). The van der Waals surface area contributed by atoms with Gasteiger partial charge in [-0.05, 0) is 12.1 Å². The number of rotatable bonds is 6. The highest BCUT2D eigenvalue weighted by molar-refractivity contribution is 7.13. The number of carbonyl (C=O) groups excluding carboxylic acids is 1. The zero-order chi connectivity index (χ0) is 15.9.